The van der Waals surface area contributed by atoms with Crippen molar-refractivity contribution in [3.05, 3.63) is 53.0 Å². The van der Waals surface area contributed by atoms with Crippen LogP contribution in [-0.2, 0) is 0 Å². The van der Waals surface area contributed by atoms with E-state index >= 15 is 0 Å². The maximum Gasteiger partial charge on any atom is 0.337 e. The molecule has 0 amide bonds. The summed E-state index contributed by atoms with van der Waals surface area (Å²) >= 11 is 0. The maximum absolute atomic E-state index is 13.2. The van der Waals surface area contributed by atoms with Crippen LogP contribution < -0.4 is 0 Å². The van der Waals surface area contributed by atoms with Gasteiger partial charge in [-0.1, -0.05) is 12.1 Å². The summed E-state index contributed by atoms with van der Waals surface area (Å²) < 4.78 is 13.2. The molecule has 1 aromatic heterocycles. The van der Waals surface area contributed by atoms with Gasteiger partial charge in [0.25, 0.3) is 0 Å². The zero-order chi connectivity index (χ0) is 13.3. The minimum absolute atomic E-state index is 0.174. The molecule has 1 aromatic carbocycles. The predicted molar refractivity (Wildman–Crippen MR) is 66.1 cm³/mol. The molecule has 2 aromatic rings. The Labute approximate surface area is 104 Å². The number of hydrogen-bond acceptors (Lipinski definition) is 2. The SMILES string of the molecule is Cc1cc(C(=O)O)c(C)nc1-c1cccc(F)c1. The molecule has 1 N–H and O–H groups in total. The Kier molecular flexibility index (Phi) is 3.10. The molecular weight excluding hydrogens is 233 g/mol. The van der Waals surface area contributed by atoms with Crippen LogP contribution in [0.15, 0.2) is 30.3 Å². The molecule has 0 bridgehead atoms. The van der Waals surface area contributed by atoms with Crippen molar-refractivity contribution in [1.82, 2.24) is 4.98 Å². The predicted octanol–water partition coefficient (Wildman–Crippen LogP) is 3.20. The van der Waals surface area contributed by atoms with Crippen LogP contribution in [0, 0.1) is 19.7 Å². The summed E-state index contributed by atoms with van der Waals surface area (Å²) in [6, 6.07) is 7.65. The molecule has 0 unspecified atom stereocenters. The van der Waals surface area contributed by atoms with E-state index < -0.39 is 5.97 Å². The Morgan fingerprint density at radius 2 is 2.00 bits per heavy atom. The molecule has 4 heteroatoms. The molecule has 2 rings (SSSR count). The third kappa shape index (κ3) is 2.22. The van der Waals surface area contributed by atoms with Crippen molar-refractivity contribution in [2.75, 3.05) is 0 Å². The monoisotopic (exact) mass is 245 g/mol. The van der Waals surface area contributed by atoms with Crippen molar-refractivity contribution >= 4 is 5.97 Å². The first-order valence-corrected chi connectivity index (χ1v) is 5.46. The summed E-state index contributed by atoms with van der Waals surface area (Å²) in [6.07, 6.45) is 0. The Hall–Kier alpha value is -2.23. The number of pyridine rings is 1. The number of aryl methyl sites for hydroxylation is 2. The highest BCUT2D eigenvalue weighted by Crippen LogP contribution is 2.24. The van der Waals surface area contributed by atoms with E-state index in [-0.39, 0.29) is 11.4 Å². The average molecular weight is 245 g/mol. The van der Waals surface area contributed by atoms with Crippen molar-refractivity contribution < 1.29 is 14.3 Å². The molecule has 0 aliphatic rings. The van der Waals surface area contributed by atoms with E-state index in [0.717, 1.165) is 0 Å². The molecular formula is C14H12FNO2. The number of benzene rings is 1. The number of carboxylic acid groups (broad SMARTS) is 1. The fourth-order valence-electron chi connectivity index (χ4n) is 1.85. The van der Waals surface area contributed by atoms with Crippen molar-refractivity contribution in [2.45, 2.75) is 13.8 Å². The van der Waals surface area contributed by atoms with Gasteiger partial charge < -0.3 is 5.11 Å². The second kappa shape index (κ2) is 4.56. The lowest BCUT2D eigenvalue weighted by atomic mass is 10.0. The molecule has 1 heterocycles. The summed E-state index contributed by atoms with van der Waals surface area (Å²) in [7, 11) is 0. The number of nitrogens with zero attached hydrogens (tertiary/aromatic N) is 1. The van der Waals surface area contributed by atoms with Crippen LogP contribution in [0.5, 0.6) is 0 Å². The van der Waals surface area contributed by atoms with Gasteiger partial charge in [-0.05, 0) is 37.6 Å². The molecule has 0 aliphatic carbocycles. The smallest absolute Gasteiger partial charge is 0.337 e. The molecule has 0 atom stereocenters. The van der Waals surface area contributed by atoms with Crippen molar-refractivity contribution in [3.63, 3.8) is 0 Å². The Morgan fingerprint density at radius 3 is 2.61 bits per heavy atom. The molecule has 0 spiro atoms. The van der Waals surface area contributed by atoms with Gasteiger partial charge in [-0.3, -0.25) is 4.98 Å². The van der Waals surface area contributed by atoms with Gasteiger partial charge in [-0.15, -0.1) is 0 Å². The van der Waals surface area contributed by atoms with E-state index in [2.05, 4.69) is 4.98 Å². The molecule has 0 radical (unpaired) electrons. The summed E-state index contributed by atoms with van der Waals surface area (Å²) in [4.78, 5) is 15.2. The van der Waals surface area contributed by atoms with Gasteiger partial charge in [0.15, 0.2) is 0 Å². The summed E-state index contributed by atoms with van der Waals surface area (Å²) in [6.45, 7) is 3.39. The van der Waals surface area contributed by atoms with Crippen LogP contribution in [0.25, 0.3) is 11.3 Å². The third-order valence-corrected chi connectivity index (χ3v) is 2.73. The van der Waals surface area contributed by atoms with Crippen molar-refractivity contribution in [1.29, 1.82) is 0 Å². The Balaban J connectivity index is 2.60. The maximum atomic E-state index is 13.2. The number of halogens is 1. The summed E-state index contributed by atoms with van der Waals surface area (Å²) in [5, 5.41) is 9.00. The highest BCUT2D eigenvalue weighted by molar-refractivity contribution is 5.89. The lowest BCUT2D eigenvalue weighted by Gasteiger charge is -2.09. The van der Waals surface area contributed by atoms with Gasteiger partial charge >= 0.3 is 5.97 Å². The van der Waals surface area contributed by atoms with Crippen LogP contribution in [-0.4, -0.2) is 16.1 Å². The van der Waals surface area contributed by atoms with Crippen LogP contribution in [0.2, 0.25) is 0 Å². The quantitative estimate of drug-likeness (QED) is 0.883. The minimum Gasteiger partial charge on any atom is -0.478 e. The van der Waals surface area contributed by atoms with E-state index in [1.165, 1.54) is 12.1 Å². The van der Waals surface area contributed by atoms with Gasteiger partial charge in [0.05, 0.1) is 17.0 Å². The topological polar surface area (TPSA) is 50.2 Å². The van der Waals surface area contributed by atoms with Gasteiger partial charge in [0.2, 0.25) is 0 Å². The number of aromatic nitrogens is 1. The molecule has 92 valence electrons. The first-order valence-electron chi connectivity index (χ1n) is 5.46. The van der Waals surface area contributed by atoms with E-state index in [1.54, 1.807) is 32.0 Å². The van der Waals surface area contributed by atoms with E-state index in [9.17, 15) is 9.18 Å². The van der Waals surface area contributed by atoms with E-state index in [0.29, 0.717) is 22.5 Å². The third-order valence-electron chi connectivity index (χ3n) is 2.73. The lowest BCUT2D eigenvalue weighted by molar-refractivity contribution is 0.0695. The largest absolute Gasteiger partial charge is 0.478 e. The number of rotatable bonds is 2. The molecule has 0 saturated carbocycles. The number of carboxylic acids is 1. The second-order valence-electron chi connectivity index (χ2n) is 4.10. The minimum atomic E-state index is -1.01. The van der Waals surface area contributed by atoms with Crippen molar-refractivity contribution in [3.8, 4) is 11.3 Å². The number of aromatic carboxylic acids is 1. The normalized spacial score (nSPS) is 10.4. The molecule has 0 aliphatic heterocycles. The van der Waals surface area contributed by atoms with E-state index in [4.69, 9.17) is 5.11 Å². The second-order valence-corrected chi connectivity index (χ2v) is 4.10. The van der Waals surface area contributed by atoms with Gasteiger partial charge in [-0.2, -0.15) is 0 Å². The van der Waals surface area contributed by atoms with Gasteiger partial charge in [0, 0.05) is 5.56 Å². The molecule has 18 heavy (non-hydrogen) atoms. The zero-order valence-corrected chi connectivity index (χ0v) is 10.1. The highest BCUT2D eigenvalue weighted by Gasteiger charge is 2.13. The Bertz CT molecular complexity index is 623. The number of carbonyl (C=O) groups is 1. The fourth-order valence-corrected chi connectivity index (χ4v) is 1.85. The average Bonchev–Trinajstić information content (AvgIpc) is 2.31. The summed E-state index contributed by atoms with van der Waals surface area (Å²) in [5.41, 5.74) is 2.56. The first-order chi connectivity index (χ1) is 8.49. The van der Waals surface area contributed by atoms with Crippen molar-refractivity contribution in [2.24, 2.45) is 0 Å². The molecule has 0 saturated heterocycles. The summed E-state index contributed by atoms with van der Waals surface area (Å²) in [5.74, 6) is -1.34. The lowest BCUT2D eigenvalue weighted by Crippen LogP contribution is -2.04. The van der Waals surface area contributed by atoms with Crippen LogP contribution in [0.4, 0.5) is 4.39 Å². The standard InChI is InChI=1S/C14H12FNO2/c1-8-6-12(14(17)18)9(2)16-13(8)10-4-3-5-11(15)7-10/h3-7H,1-2H3,(H,17,18). The van der Waals surface area contributed by atoms with Gasteiger partial charge in [-0.25, -0.2) is 9.18 Å². The zero-order valence-electron chi connectivity index (χ0n) is 10.1. The van der Waals surface area contributed by atoms with E-state index in [1.807, 2.05) is 0 Å². The molecule has 3 nitrogen and oxygen atoms in total. The number of hydrogen-bond donors (Lipinski definition) is 1. The van der Waals surface area contributed by atoms with Crippen LogP contribution in [0.1, 0.15) is 21.6 Å². The Morgan fingerprint density at radius 1 is 1.28 bits per heavy atom. The highest BCUT2D eigenvalue weighted by atomic mass is 19.1. The van der Waals surface area contributed by atoms with Crippen LogP contribution in [0.3, 0.4) is 0 Å². The van der Waals surface area contributed by atoms with Gasteiger partial charge in [0.1, 0.15) is 5.82 Å². The molecule has 0 fully saturated rings. The fraction of sp³-hybridized carbons (Fsp3) is 0.143. The van der Waals surface area contributed by atoms with Crippen LogP contribution >= 0.6 is 0 Å². The first kappa shape index (κ1) is 12.2.